The minimum atomic E-state index is 0.639. The van der Waals surface area contributed by atoms with Crippen LogP contribution in [-0.2, 0) is 0 Å². The zero-order chi connectivity index (χ0) is 11.4. The molecule has 1 unspecified atom stereocenters. The topological polar surface area (TPSA) is 37.8 Å². The number of aromatic nitrogens is 2. The third kappa shape index (κ3) is 3.46. The molecule has 1 fully saturated rings. The Morgan fingerprint density at radius 2 is 2.12 bits per heavy atom. The van der Waals surface area contributed by atoms with E-state index < -0.39 is 0 Å². The molecule has 1 aromatic rings. The first-order chi connectivity index (χ1) is 7.79. The second kappa shape index (κ2) is 5.64. The SMILES string of the molecule is CCNC(CSc1ncc(C)cn1)C1CC1. The third-order valence-corrected chi connectivity index (χ3v) is 3.80. The highest BCUT2D eigenvalue weighted by Gasteiger charge is 2.30. The molecule has 1 N–H and O–H groups in total. The second-order valence-electron chi connectivity index (χ2n) is 4.36. The van der Waals surface area contributed by atoms with Gasteiger partial charge in [-0.05, 0) is 37.8 Å². The van der Waals surface area contributed by atoms with E-state index in [-0.39, 0.29) is 0 Å². The van der Waals surface area contributed by atoms with Crippen molar-refractivity contribution in [1.29, 1.82) is 0 Å². The van der Waals surface area contributed by atoms with Crippen LogP contribution in [0.1, 0.15) is 25.3 Å². The zero-order valence-corrected chi connectivity index (χ0v) is 10.8. The van der Waals surface area contributed by atoms with Crippen LogP contribution < -0.4 is 5.32 Å². The van der Waals surface area contributed by atoms with E-state index in [0.717, 1.165) is 28.9 Å². The first kappa shape index (κ1) is 11.9. The van der Waals surface area contributed by atoms with Crippen molar-refractivity contribution in [3.63, 3.8) is 0 Å². The fourth-order valence-electron chi connectivity index (χ4n) is 1.74. The number of hydrogen-bond donors (Lipinski definition) is 1. The molecule has 88 valence electrons. The Labute approximate surface area is 101 Å². The first-order valence-corrected chi connectivity index (χ1v) is 6.93. The summed E-state index contributed by atoms with van der Waals surface area (Å²) in [6.45, 7) is 5.24. The number of thioether (sulfide) groups is 1. The lowest BCUT2D eigenvalue weighted by Crippen LogP contribution is -2.33. The predicted octanol–water partition coefficient (Wildman–Crippen LogP) is 2.27. The van der Waals surface area contributed by atoms with Crippen LogP contribution >= 0.6 is 11.8 Å². The minimum absolute atomic E-state index is 0.639. The molecule has 3 nitrogen and oxygen atoms in total. The van der Waals surface area contributed by atoms with Crippen molar-refractivity contribution < 1.29 is 0 Å². The van der Waals surface area contributed by atoms with E-state index in [1.165, 1.54) is 12.8 Å². The summed E-state index contributed by atoms with van der Waals surface area (Å²) in [6.07, 6.45) is 6.53. The van der Waals surface area contributed by atoms with Crippen molar-refractivity contribution in [2.24, 2.45) is 5.92 Å². The highest BCUT2D eigenvalue weighted by Crippen LogP contribution is 2.34. The average Bonchev–Trinajstić information content (AvgIpc) is 3.10. The molecule has 0 saturated heterocycles. The van der Waals surface area contributed by atoms with Crippen molar-refractivity contribution in [2.45, 2.75) is 37.9 Å². The summed E-state index contributed by atoms with van der Waals surface area (Å²) < 4.78 is 0. The molecule has 0 bridgehead atoms. The van der Waals surface area contributed by atoms with Gasteiger partial charge in [0.2, 0.25) is 0 Å². The summed E-state index contributed by atoms with van der Waals surface area (Å²) in [7, 11) is 0. The van der Waals surface area contributed by atoms with Crippen molar-refractivity contribution >= 4 is 11.8 Å². The van der Waals surface area contributed by atoms with Gasteiger partial charge in [0, 0.05) is 24.2 Å². The molecule has 4 heteroatoms. The molecule has 1 heterocycles. The van der Waals surface area contributed by atoms with E-state index in [9.17, 15) is 0 Å². The molecule has 1 atom stereocenters. The van der Waals surface area contributed by atoms with Gasteiger partial charge in [0.1, 0.15) is 0 Å². The summed E-state index contributed by atoms with van der Waals surface area (Å²) in [5.41, 5.74) is 1.12. The molecule has 1 saturated carbocycles. The summed E-state index contributed by atoms with van der Waals surface area (Å²) in [5, 5.41) is 4.45. The van der Waals surface area contributed by atoms with Crippen LogP contribution in [0.4, 0.5) is 0 Å². The highest BCUT2D eigenvalue weighted by molar-refractivity contribution is 7.99. The largest absolute Gasteiger partial charge is 0.313 e. The standard InChI is InChI=1S/C12H19N3S/c1-3-13-11(10-4-5-10)8-16-12-14-6-9(2)7-15-12/h6-7,10-11,13H,3-5,8H2,1-2H3. The van der Waals surface area contributed by atoms with Gasteiger partial charge in [-0.15, -0.1) is 0 Å². The fourth-order valence-corrected chi connectivity index (χ4v) is 2.72. The third-order valence-electron chi connectivity index (χ3n) is 2.81. The number of hydrogen-bond acceptors (Lipinski definition) is 4. The van der Waals surface area contributed by atoms with Gasteiger partial charge >= 0.3 is 0 Å². The number of aryl methyl sites for hydroxylation is 1. The van der Waals surface area contributed by atoms with E-state index in [0.29, 0.717) is 6.04 Å². The van der Waals surface area contributed by atoms with E-state index in [4.69, 9.17) is 0 Å². The molecule has 16 heavy (non-hydrogen) atoms. The maximum absolute atomic E-state index is 4.31. The van der Waals surface area contributed by atoms with Gasteiger partial charge in [-0.1, -0.05) is 18.7 Å². The normalized spacial score (nSPS) is 17.4. The Bertz CT molecular complexity index is 322. The van der Waals surface area contributed by atoms with Crippen LogP contribution in [0.15, 0.2) is 17.6 Å². The van der Waals surface area contributed by atoms with Crippen molar-refractivity contribution in [3.8, 4) is 0 Å². The van der Waals surface area contributed by atoms with Gasteiger partial charge < -0.3 is 5.32 Å². The predicted molar refractivity (Wildman–Crippen MR) is 67.7 cm³/mol. The van der Waals surface area contributed by atoms with Gasteiger partial charge in [0.15, 0.2) is 5.16 Å². The van der Waals surface area contributed by atoms with Gasteiger partial charge in [0.05, 0.1) is 0 Å². The van der Waals surface area contributed by atoms with E-state index in [1.54, 1.807) is 11.8 Å². The number of rotatable bonds is 6. The van der Waals surface area contributed by atoms with Gasteiger partial charge in [-0.2, -0.15) is 0 Å². The lowest BCUT2D eigenvalue weighted by molar-refractivity contribution is 0.519. The number of nitrogens with one attached hydrogen (secondary N) is 1. The first-order valence-electron chi connectivity index (χ1n) is 5.94. The van der Waals surface area contributed by atoms with Crippen LogP contribution in [0.2, 0.25) is 0 Å². The molecule has 0 aliphatic heterocycles. The Morgan fingerprint density at radius 1 is 1.44 bits per heavy atom. The Kier molecular flexibility index (Phi) is 4.18. The lowest BCUT2D eigenvalue weighted by atomic mass is 10.2. The summed E-state index contributed by atoms with van der Waals surface area (Å²) >= 11 is 1.76. The number of nitrogens with zero attached hydrogens (tertiary/aromatic N) is 2. The lowest BCUT2D eigenvalue weighted by Gasteiger charge is -2.15. The van der Waals surface area contributed by atoms with Gasteiger partial charge in [0.25, 0.3) is 0 Å². The molecule has 0 amide bonds. The van der Waals surface area contributed by atoms with E-state index in [1.807, 2.05) is 19.3 Å². The van der Waals surface area contributed by atoms with Gasteiger partial charge in [-0.3, -0.25) is 0 Å². The maximum Gasteiger partial charge on any atom is 0.187 e. The van der Waals surface area contributed by atoms with Crippen LogP contribution in [0.25, 0.3) is 0 Å². The summed E-state index contributed by atoms with van der Waals surface area (Å²) in [6, 6.07) is 0.639. The Hall–Kier alpha value is -0.610. The average molecular weight is 237 g/mol. The molecule has 1 aliphatic rings. The molecule has 2 rings (SSSR count). The zero-order valence-electron chi connectivity index (χ0n) is 9.94. The molecule has 1 aromatic heterocycles. The second-order valence-corrected chi connectivity index (χ2v) is 5.34. The molecule has 0 spiro atoms. The smallest absolute Gasteiger partial charge is 0.187 e. The van der Waals surface area contributed by atoms with E-state index in [2.05, 4.69) is 22.2 Å². The highest BCUT2D eigenvalue weighted by atomic mass is 32.2. The minimum Gasteiger partial charge on any atom is -0.313 e. The van der Waals surface area contributed by atoms with Crippen molar-refractivity contribution in [3.05, 3.63) is 18.0 Å². The van der Waals surface area contributed by atoms with E-state index >= 15 is 0 Å². The Balaban J connectivity index is 1.82. The van der Waals surface area contributed by atoms with Crippen LogP contribution in [0, 0.1) is 12.8 Å². The van der Waals surface area contributed by atoms with Crippen molar-refractivity contribution in [2.75, 3.05) is 12.3 Å². The summed E-state index contributed by atoms with van der Waals surface area (Å²) in [4.78, 5) is 8.63. The molecular formula is C12H19N3S. The monoisotopic (exact) mass is 237 g/mol. The Morgan fingerprint density at radius 3 is 2.69 bits per heavy atom. The quantitative estimate of drug-likeness (QED) is 0.608. The maximum atomic E-state index is 4.31. The van der Waals surface area contributed by atoms with Crippen molar-refractivity contribution in [1.82, 2.24) is 15.3 Å². The molecule has 0 radical (unpaired) electrons. The van der Waals surface area contributed by atoms with Gasteiger partial charge in [-0.25, -0.2) is 9.97 Å². The molecular weight excluding hydrogens is 218 g/mol. The summed E-state index contributed by atoms with van der Waals surface area (Å²) in [5.74, 6) is 1.97. The van der Waals surface area contributed by atoms with Crippen LogP contribution in [0.5, 0.6) is 0 Å². The van der Waals surface area contributed by atoms with Crippen LogP contribution in [-0.4, -0.2) is 28.3 Å². The fraction of sp³-hybridized carbons (Fsp3) is 0.667. The molecule has 0 aromatic carbocycles. The van der Waals surface area contributed by atoms with Crippen LogP contribution in [0.3, 0.4) is 0 Å². The molecule has 1 aliphatic carbocycles.